The Kier molecular flexibility index (Phi) is 5.62. The lowest BCUT2D eigenvalue weighted by atomic mass is 10.2. The predicted octanol–water partition coefficient (Wildman–Crippen LogP) is 3.79. The fourth-order valence-electron chi connectivity index (χ4n) is 1.70. The van der Waals surface area contributed by atoms with Crippen LogP contribution in [0.5, 0.6) is 5.75 Å². The number of benzene rings is 2. The van der Waals surface area contributed by atoms with Crippen molar-refractivity contribution in [3.63, 3.8) is 0 Å². The molecule has 21 heavy (non-hydrogen) atoms. The van der Waals surface area contributed by atoms with Crippen molar-refractivity contribution >= 4 is 11.6 Å². The molecule has 108 valence electrons. The number of rotatable bonds is 4. The van der Waals surface area contributed by atoms with Crippen LogP contribution in [0.3, 0.4) is 0 Å². The monoisotopic (exact) mass is 304 g/mol. The lowest BCUT2D eigenvalue weighted by molar-refractivity contribution is 0.290. The summed E-state index contributed by atoms with van der Waals surface area (Å²) in [6.07, 6.45) is 0.385. The highest BCUT2D eigenvalue weighted by atomic mass is 35.5. The molecule has 0 bridgehead atoms. The van der Waals surface area contributed by atoms with Gasteiger partial charge in [0.2, 0.25) is 0 Å². The summed E-state index contributed by atoms with van der Waals surface area (Å²) < 4.78 is 19.2. The van der Waals surface area contributed by atoms with E-state index in [1.165, 1.54) is 6.07 Å². The Hall–Kier alpha value is -2.02. The summed E-state index contributed by atoms with van der Waals surface area (Å²) in [7, 11) is 0. The summed E-state index contributed by atoms with van der Waals surface area (Å²) >= 11 is 5.89. The summed E-state index contributed by atoms with van der Waals surface area (Å²) in [6.45, 7) is 0.233. The van der Waals surface area contributed by atoms with Crippen LogP contribution >= 0.6 is 11.6 Å². The van der Waals surface area contributed by atoms with Gasteiger partial charge in [0.15, 0.2) is 11.6 Å². The largest absolute Gasteiger partial charge is 0.486 e. The van der Waals surface area contributed by atoms with Crippen molar-refractivity contribution in [2.45, 2.75) is 13.0 Å². The van der Waals surface area contributed by atoms with Crippen LogP contribution in [0.1, 0.15) is 17.5 Å². The van der Waals surface area contributed by atoms with Crippen molar-refractivity contribution in [2.24, 2.45) is 0 Å². The molecule has 1 N–H and O–H groups in total. The van der Waals surface area contributed by atoms with Gasteiger partial charge in [-0.1, -0.05) is 35.6 Å². The van der Waals surface area contributed by atoms with Crippen LogP contribution in [-0.2, 0) is 6.61 Å². The number of hydrogen-bond acceptors (Lipinski definition) is 2. The van der Waals surface area contributed by atoms with Gasteiger partial charge in [0.05, 0.1) is 6.61 Å². The maximum Gasteiger partial charge on any atom is 0.165 e. The molecule has 0 saturated carbocycles. The number of aliphatic hydroxyl groups excluding tert-OH is 1. The molecule has 2 nitrogen and oxygen atoms in total. The van der Waals surface area contributed by atoms with E-state index < -0.39 is 5.82 Å². The SMILES string of the molecule is OCCC#Cc1ccc(F)c(OCc2cccc(Cl)c2)c1. The second-order valence-electron chi connectivity index (χ2n) is 4.34. The van der Waals surface area contributed by atoms with Crippen LogP contribution in [0.4, 0.5) is 4.39 Å². The molecule has 0 fully saturated rings. The third kappa shape index (κ3) is 4.78. The molecule has 0 spiro atoms. The van der Waals surface area contributed by atoms with Crippen LogP contribution in [0, 0.1) is 17.7 Å². The normalized spacial score (nSPS) is 9.86. The van der Waals surface area contributed by atoms with Crippen LogP contribution in [-0.4, -0.2) is 11.7 Å². The zero-order valence-electron chi connectivity index (χ0n) is 11.3. The molecule has 0 aromatic heterocycles. The highest BCUT2D eigenvalue weighted by Crippen LogP contribution is 2.20. The fourth-order valence-corrected chi connectivity index (χ4v) is 1.91. The summed E-state index contributed by atoms with van der Waals surface area (Å²) in [6, 6.07) is 11.6. The highest BCUT2D eigenvalue weighted by molar-refractivity contribution is 6.30. The van der Waals surface area contributed by atoms with Gasteiger partial charge in [-0.25, -0.2) is 4.39 Å². The first-order valence-electron chi connectivity index (χ1n) is 6.45. The molecule has 2 aromatic rings. The van der Waals surface area contributed by atoms with Gasteiger partial charge in [0, 0.05) is 17.0 Å². The lowest BCUT2D eigenvalue weighted by Gasteiger charge is -2.08. The minimum atomic E-state index is -0.440. The summed E-state index contributed by atoms with van der Waals surface area (Å²) in [5.41, 5.74) is 1.50. The Labute approximate surface area is 128 Å². The minimum Gasteiger partial charge on any atom is -0.486 e. The molecule has 0 radical (unpaired) electrons. The van der Waals surface area contributed by atoms with Crippen molar-refractivity contribution in [3.8, 4) is 17.6 Å². The Morgan fingerprint density at radius 1 is 1.19 bits per heavy atom. The molecule has 0 unspecified atom stereocenters. The third-order valence-corrected chi connectivity index (χ3v) is 2.92. The van der Waals surface area contributed by atoms with E-state index in [1.54, 1.807) is 24.3 Å². The van der Waals surface area contributed by atoms with Crippen LogP contribution in [0.15, 0.2) is 42.5 Å². The zero-order valence-corrected chi connectivity index (χ0v) is 12.0. The Morgan fingerprint density at radius 2 is 2.05 bits per heavy atom. The van der Waals surface area contributed by atoms with E-state index in [1.807, 2.05) is 12.1 Å². The fraction of sp³-hybridized carbons (Fsp3) is 0.176. The van der Waals surface area contributed by atoms with Crippen molar-refractivity contribution in [1.29, 1.82) is 0 Å². The molecular weight excluding hydrogens is 291 g/mol. The lowest BCUT2D eigenvalue weighted by Crippen LogP contribution is -1.97. The van der Waals surface area contributed by atoms with Gasteiger partial charge in [-0.3, -0.25) is 0 Å². The number of ether oxygens (including phenoxy) is 1. The minimum absolute atomic E-state index is 0.00627. The summed E-state index contributed by atoms with van der Waals surface area (Å²) in [5.74, 6) is 5.33. The topological polar surface area (TPSA) is 29.5 Å². The quantitative estimate of drug-likeness (QED) is 0.871. The summed E-state index contributed by atoms with van der Waals surface area (Å²) in [5, 5.41) is 9.29. The molecule has 0 heterocycles. The van der Waals surface area contributed by atoms with Gasteiger partial charge < -0.3 is 9.84 Å². The molecule has 0 aliphatic rings. The van der Waals surface area contributed by atoms with Crippen LogP contribution in [0.2, 0.25) is 5.02 Å². The van der Waals surface area contributed by atoms with Gasteiger partial charge in [-0.15, -0.1) is 0 Å². The molecule has 4 heteroatoms. The smallest absolute Gasteiger partial charge is 0.165 e. The molecule has 0 aliphatic heterocycles. The van der Waals surface area contributed by atoms with E-state index in [9.17, 15) is 4.39 Å². The average Bonchev–Trinajstić information content (AvgIpc) is 2.48. The first kappa shape index (κ1) is 15.4. The van der Waals surface area contributed by atoms with E-state index in [-0.39, 0.29) is 19.0 Å². The Morgan fingerprint density at radius 3 is 2.81 bits per heavy atom. The van der Waals surface area contributed by atoms with Gasteiger partial charge in [-0.2, -0.15) is 0 Å². The predicted molar refractivity (Wildman–Crippen MR) is 80.8 cm³/mol. The maximum atomic E-state index is 13.7. The standard InChI is InChI=1S/C17H14ClFO2/c18-15-6-3-5-14(10-15)12-21-17-11-13(4-1-2-9-20)7-8-16(17)19/h3,5-8,10-11,20H,2,9,12H2. The van der Waals surface area contributed by atoms with E-state index >= 15 is 0 Å². The van der Waals surface area contributed by atoms with Crippen LogP contribution in [0.25, 0.3) is 0 Å². The maximum absolute atomic E-state index is 13.7. The van der Waals surface area contributed by atoms with Gasteiger partial charge in [0.1, 0.15) is 6.61 Å². The molecule has 0 amide bonds. The van der Waals surface area contributed by atoms with E-state index in [0.717, 1.165) is 5.56 Å². The average molecular weight is 305 g/mol. The second kappa shape index (κ2) is 7.68. The van der Waals surface area contributed by atoms with Gasteiger partial charge in [-0.05, 0) is 35.9 Å². The third-order valence-electron chi connectivity index (χ3n) is 2.68. The van der Waals surface area contributed by atoms with E-state index in [0.29, 0.717) is 17.0 Å². The summed E-state index contributed by atoms with van der Waals surface area (Å²) in [4.78, 5) is 0. The number of aliphatic hydroxyl groups is 1. The first-order chi connectivity index (χ1) is 10.2. The van der Waals surface area contributed by atoms with Gasteiger partial charge in [0.25, 0.3) is 0 Å². The first-order valence-corrected chi connectivity index (χ1v) is 6.83. The van der Waals surface area contributed by atoms with Crippen molar-refractivity contribution in [2.75, 3.05) is 6.61 Å². The van der Waals surface area contributed by atoms with Crippen LogP contribution < -0.4 is 4.74 Å². The van der Waals surface area contributed by atoms with Crippen molar-refractivity contribution in [1.82, 2.24) is 0 Å². The van der Waals surface area contributed by atoms with Crippen molar-refractivity contribution < 1.29 is 14.2 Å². The molecular formula is C17H14ClFO2. The zero-order chi connectivity index (χ0) is 15.1. The van der Waals surface area contributed by atoms with Crippen molar-refractivity contribution in [3.05, 3.63) is 64.4 Å². The molecule has 0 saturated heterocycles. The Balaban J connectivity index is 2.09. The molecule has 2 aromatic carbocycles. The second-order valence-corrected chi connectivity index (χ2v) is 4.78. The van der Waals surface area contributed by atoms with E-state index in [4.69, 9.17) is 21.4 Å². The Bertz CT molecular complexity index is 674. The highest BCUT2D eigenvalue weighted by Gasteiger charge is 2.05. The number of hydrogen-bond donors (Lipinski definition) is 1. The van der Waals surface area contributed by atoms with Gasteiger partial charge >= 0.3 is 0 Å². The molecule has 0 aliphatic carbocycles. The molecule has 0 atom stereocenters. The van der Waals surface area contributed by atoms with E-state index in [2.05, 4.69) is 11.8 Å². The molecule has 2 rings (SSSR count). The number of halogens is 2.